The zero-order valence-electron chi connectivity index (χ0n) is 21.3. The molecule has 0 saturated carbocycles. The van der Waals surface area contributed by atoms with Gasteiger partial charge >= 0.3 is 5.97 Å². The summed E-state index contributed by atoms with van der Waals surface area (Å²) in [6, 6.07) is 8.04. The van der Waals surface area contributed by atoms with Gasteiger partial charge in [-0.05, 0) is 54.4 Å². The number of rotatable bonds is 9. The number of benzene rings is 1. The van der Waals surface area contributed by atoms with Gasteiger partial charge in [0.15, 0.2) is 11.0 Å². The molecule has 1 aliphatic rings. The lowest BCUT2D eigenvalue weighted by atomic mass is 9.88. The van der Waals surface area contributed by atoms with E-state index in [4.69, 9.17) is 9.47 Å². The van der Waals surface area contributed by atoms with Crippen molar-refractivity contribution in [3.8, 4) is 5.75 Å². The molecule has 0 saturated heterocycles. The molecule has 2 aromatic heterocycles. The van der Waals surface area contributed by atoms with Gasteiger partial charge in [0.05, 0.1) is 18.4 Å². The second kappa shape index (κ2) is 11.5. The average Bonchev–Trinajstić information content (AvgIpc) is 3.39. The van der Waals surface area contributed by atoms with Crippen molar-refractivity contribution in [1.29, 1.82) is 0 Å². The summed E-state index contributed by atoms with van der Waals surface area (Å²) >= 11 is 2.77. The molecule has 10 heteroatoms. The van der Waals surface area contributed by atoms with Gasteiger partial charge in [-0.2, -0.15) is 0 Å². The molecule has 1 aliphatic carbocycles. The van der Waals surface area contributed by atoms with Gasteiger partial charge in [0.25, 0.3) is 0 Å². The lowest BCUT2D eigenvalue weighted by molar-refractivity contribution is -0.113. The normalized spacial score (nSPS) is 15.0. The van der Waals surface area contributed by atoms with Gasteiger partial charge in [-0.25, -0.2) is 4.79 Å². The third-order valence-electron chi connectivity index (χ3n) is 6.33. The molecule has 4 rings (SSSR count). The van der Waals surface area contributed by atoms with Crippen molar-refractivity contribution in [2.24, 2.45) is 13.0 Å². The van der Waals surface area contributed by atoms with Crippen LogP contribution in [-0.2, 0) is 36.0 Å². The Kier molecular flexibility index (Phi) is 8.35. The van der Waals surface area contributed by atoms with E-state index >= 15 is 0 Å². The Morgan fingerprint density at radius 2 is 2.00 bits per heavy atom. The summed E-state index contributed by atoms with van der Waals surface area (Å²) in [4.78, 5) is 26.4. The number of amides is 1. The van der Waals surface area contributed by atoms with Gasteiger partial charge < -0.3 is 19.4 Å². The third-order valence-corrected chi connectivity index (χ3v) is 8.52. The molecule has 0 spiro atoms. The summed E-state index contributed by atoms with van der Waals surface area (Å²) in [6.45, 7) is 6.79. The summed E-state index contributed by atoms with van der Waals surface area (Å²) in [5, 5.41) is 12.5. The molecular formula is C26H32N4O4S2. The second-order valence-corrected chi connectivity index (χ2v) is 11.4. The highest BCUT2D eigenvalue weighted by Crippen LogP contribution is 2.40. The Balaban J connectivity index is 1.35. The number of hydrogen-bond donors (Lipinski definition) is 1. The average molecular weight is 529 g/mol. The van der Waals surface area contributed by atoms with Crippen LogP contribution < -0.4 is 10.1 Å². The number of nitrogens with one attached hydrogen (secondary N) is 1. The molecule has 1 aromatic carbocycles. The predicted octanol–water partition coefficient (Wildman–Crippen LogP) is 5.22. The lowest BCUT2D eigenvalue weighted by Crippen LogP contribution is -2.17. The maximum atomic E-state index is 12.8. The smallest absolute Gasteiger partial charge is 0.341 e. The molecule has 36 heavy (non-hydrogen) atoms. The molecular weight excluding hydrogens is 496 g/mol. The number of thioether (sulfide) groups is 1. The van der Waals surface area contributed by atoms with Crippen LogP contribution in [0, 0.1) is 5.92 Å². The van der Waals surface area contributed by atoms with Crippen LogP contribution in [0.5, 0.6) is 5.75 Å². The van der Waals surface area contributed by atoms with Gasteiger partial charge in [0.2, 0.25) is 5.91 Å². The molecule has 0 fully saturated rings. The van der Waals surface area contributed by atoms with Crippen LogP contribution in [0.4, 0.5) is 5.00 Å². The van der Waals surface area contributed by atoms with Crippen molar-refractivity contribution in [2.75, 3.05) is 18.2 Å². The standard InChI is InChI=1S/C26H32N4O4S2/c1-15(2)17-7-9-18(10-8-17)34-13-21-28-29-26(30(21)4)35-14-22(31)27-24-23(25(32)33-5)19-11-6-16(3)12-20(19)36-24/h7-10,15-16H,6,11-14H2,1-5H3,(H,27,31). The van der Waals surface area contributed by atoms with E-state index in [2.05, 4.69) is 48.4 Å². The molecule has 1 N–H and O–H groups in total. The van der Waals surface area contributed by atoms with Gasteiger partial charge in [-0.15, -0.1) is 21.5 Å². The number of anilines is 1. The maximum absolute atomic E-state index is 12.8. The number of carbonyl (C=O) groups excluding carboxylic acids is 2. The number of hydrogen-bond acceptors (Lipinski definition) is 8. The molecule has 0 radical (unpaired) electrons. The summed E-state index contributed by atoms with van der Waals surface area (Å²) in [5.74, 6) is 2.00. The lowest BCUT2D eigenvalue weighted by Gasteiger charge is -2.18. The van der Waals surface area contributed by atoms with E-state index in [9.17, 15) is 9.59 Å². The summed E-state index contributed by atoms with van der Waals surface area (Å²) in [5.41, 5.74) is 2.78. The fraction of sp³-hybridized carbons (Fsp3) is 0.462. The quantitative estimate of drug-likeness (QED) is 0.300. The molecule has 0 bridgehead atoms. The number of esters is 1. The Hall–Kier alpha value is -2.85. The minimum Gasteiger partial charge on any atom is -0.486 e. The zero-order chi connectivity index (χ0) is 25.8. The van der Waals surface area contributed by atoms with Gasteiger partial charge in [0, 0.05) is 11.9 Å². The molecule has 8 nitrogen and oxygen atoms in total. The van der Waals surface area contributed by atoms with Gasteiger partial charge in [-0.1, -0.05) is 44.7 Å². The number of fused-ring (bicyclic) bond motifs is 1. The zero-order valence-corrected chi connectivity index (χ0v) is 22.9. The topological polar surface area (TPSA) is 95.3 Å². The van der Waals surface area contributed by atoms with E-state index in [0.29, 0.717) is 33.4 Å². The van der Waals surface area contributed by atoms with Crippen LogP contribution >= 0.6 is 23.1 Å². The van der Waals surface area contributed by atoms with E-state index in [1.54, 1.807) is 0 Å². The van der Waals surface area contributed by atoms with Crippen LogP contribution in [0.15, 0.2) is 29.4 Å². The molecule has 192 valence electrons. The van der Waals surface area contributed by atoms with E-state index < -0.39 is 5.97 Å². The summed E-state index contributed by atoms with van der Waals surface area (Å²) < 4.78 is 12.7. The molecule has 1 unspecified atom stereocenters. The van der Waals surface area contributed by atoms with Crippen LogP contribution in [0.3, 0.4) is 0 Å². The first-order valence-electron chi connectivity index (χ1n) is 12.0. The van der Waals surface area contributed by atoms with Crippen molar-refractivity contribution >= 4 is 40.0 Å². The van der Waals surface area contributed by atoms with Crippen molar-refractivity contribution in [3.63, 3.8) is 0 Å². The van der Waals surface area contributed by atoms with Crippen molar-refractivity contribution in [2.45, 2.75) is 57.7 Å². The number of methoxy groups -OCH3 is 1. The Labute approximate surface area is 219 Å². The largest absolute Gasteiger partial charge is 0.486 e. The number of carbonyl (C=O) groups is 2. The van der Waals surface area contributed by atoms with E-state index in [0.717, 1.165) is 35.5 Å². The highest BCUT2D eigenvalue weighted by molar-refractivity contribution is 7.99. The second-order valence-electron chi connectivity index (χ2n) is 9.35. The van der Waals surface area contributed by atoms with Crippen molar-refractivity contribution < 1.29 is 19.1 Å². The van der Waals surface area contributed by atoms with Crippen molar-refractivity contribution in [3.05, 3.63) is 51.7 Å². The monoisotopic (exact) mass is 528 g/mol. The SMILES string of the molecule is COC(=O)c1c(NC(=O)CSc2nnc(COc3ccc(C(C)C)cc3)n2C)sc2c1CCC(C)C2. The number of nitrogens with zero attached hydrogens (tertiary/aromatic N) is 3. The highest BCUT2D eigenvalue weighted by atomic mass is 32.2. The minimum atomic E-state index is -0.401. The van der Waals surface area contributed by atoms with Crippen LogP contribution in [0.1, 0.15) is 65.3 Å². The van der Waals surface area contributed by atoms with Crippen LogP contribution in [0.2, 0.25) is 0 Å². The predicted molar refractivity (Wildman–Crippen MR) is 142 cm³/mol. The summed E-state index contributed by atoms with van der Waals surface area (Å²) in [7, 11) is 3.22. The van der Waals surface area contributed by atoms with Crippen molar-refractivity contribution in [1.82, 2.24) is 14.8 Å². The van der Waals surface area contributed by atoms with E-state index in [-0.39, 0.29) is 18.3 Å². The number of thiophene rings is 1. The number of ether oxygens (including phenoxy) is 2. The molecule has 0 aliphatic heterocycles. The summed E-state index contributed by atoms with van der Waals surface area (Å²) in [6.07, 6.45) is 2.77. The Morgan fingerprint density at radius 3 is 2.69 bits per heavy atom. The first-order valence-corrected chi connectivity index (χ1v) is 13.8. The first-order chi connectivity index (χ1) is 17.3. The molecule has 1 amide bonds. The fourth-order valence-corrected chi connectivity index (χ4v) is 6.29. The Bertz CT molecular complexity index is 1230. The molecule has 3 aromatic rings. The first kappa shape index (κ1) is 26.2. The third kappa shape index (κ3) is 5.92. The van der Waals surface area contributed by atoms with Crippen LogP contribution in [0.25, 0.3) is 0 Å². The number of aromatic nitrogens is 3. The fourth-order valence-electron chi connectivity index (χ4n) is 4.14. The Morgan fingerprint density at radius 1 is 1.25 bits per heavy atom. The maximum Gasteiger partial charge on any atom is 0.341 e. The molecule has 2 heterocycles. The van der Waals surface area contributed by atoms with E-state index in [1.165, 1.54) is 35.8 Å². The van der Waals surface area contributed by atoms with Gasteiger partial charge in [0.1, 0.15) is 17.4 Å². The highest BCUT2D eigenvalue weighted by Gasteiger charge is 2.29. The van der Waals surface area contributed by atoms with E-state index in [1.807, 2.05) is 23.7 Å². The van der Waals surface area contributed by atoms with Crippen LogP contribution in [-0.4, -0.2) is 39.5 Å². The minimum absolute atomic E-state index is 0.142. The molecule has 1 atom stereocenters. The van der Waals surface area contributed by atoms with Gasteiger partial charge in [-0.3, -0.25) is 4.79 Å².